The number of methoxy groups -OCH3 is 1. The predicted molar refractivity (Wildman–Crippen MR) is 128 cm³/mol. The summed E-state index contributed by atoms with van der Waals surface area (Å²) >= 11 is 0. The Morgan fingerprint density at radius 2 is 1.82 bits per heavy atom. The van der Waals surface area contributed by atoms with Crippen molar-refractivity contribution >= 4 is 15.9 Å². The zero-order valence-corrected chi connectivity index (χ0v) is 20.7. The molecule has 3 rings (SSSR count). The maximum Gasteiger partial charge on any atom is 0.243 e. The van der Waals surface area contributed by atoms with Crippen LogP contribution in [0.25, 0.3) is 0 Å². The highest BCUT2D eigenvalue weighted by atomic mass is 32.2. The minimum absolute atomic E-state index is 0.124. The first kappa shape index (κ1) is 25.1. The Bertz CT molecular complexity index is 1080. The molecule has 0 unspecified atom stereocenters. The first-order valence-electron chi connectivity index (χ1n) is 11.4. The van der Waals surface area contributed by atoms with Crippen molar-refractivity contribution in [2.45, 2.75) is 57.4 Å². The molecule has 0 saturated carbocycles. The van der Waals surface area contributed by atoms with Gasteiger partial charge in [-0.2, -0.15) is 4.31 Å². The van der Waals surface area contributed by atoms with Crippen LogP contribution >= 0.6 is 0 Å². The van der Waals surface area contributed by atoms with Gasteiger partial charge in [0.15, 0.2) is 0 Å². The summed E-state index contributed by atoms with van der Waals surface area (Å²) in [7, 11) is -1.98. The van der Waals surface area contributed by atoms with E-state index in [1.54, 1.807) is 25.3 Å². The van der Waals surface area contributed by atoms with Crippen LogP contribution in [0.5, 0.6) is 11.5 Å². The SMILES string of the molecule is COc1ccc(S(=O)(=O)N2CCCC2)cc1CCC(=O)N[C@H](C)COc1ccc(C)c(C)c1. The second-order valence-corrected chi connectivity index (χ2v) is 10.5. The van der Waals surface area contributed by atoms with Crippen LogP contribution in [-0.4, -0.2) is 51.5 Å². The average molecular weight is 475 g/mol. The molecule has 1 aliphatic heterocycles. The lowest BCUT2D eigenvalue weighted by molar-refractivity contribution is -0.121. The third-order valence-electron chi connectivity index (χ3n) is 5.96. The molecule has 2 aromatic rings. The molecule has 1 amide bonds. The van der Waals surface area contributed by atoms with Gasteiger partial charge in [-0.25, -0.2) is 8.42 Å². The normalized spacial score (nSPS) is 15.3. The summed E-state index contributed by atoms with van der Waals surface area (Å²) in [5, 5.41) is 2.94. The van der Waals surface area contributed by atoms with Crippen molar-refractivity contribution in [2.75, 3.05) is 26.8 Å². The highest BCUT2D eigenvalue weighted by Crippen LogP contribution is 2.27. The number of nitrogens with one attached hydrogen (secondary N) is 1. The van der Waals surface area contributed by atoms with Crippen LogP contribution in [0, 0.1) is 13.8 Å². The van der Waals surface area contributed by atoms with Crippen molar-refractivity contribution in [3.05, 3.63) is 53.1 Å². The third-order valence-corrected chi connectivity index (χ3v) is 7.86. The van der Waals surface area contributed by atoms with Gasteiger partial charge >= 0.3 is 0 Å². The smallest absolute Gasteiger partial charge is 0.243 e. The van der Waals surface area contributed by atoms with E-state index >= 15 is 0 Å². The van der Waals surface area contributed by atoms with Crippen LogP contribution in [-0.2, 0) is 21.2 Å². The van der Waals surface area contributed by atoms with Gasteiger partial charge in [0.25, 0.3) is 0 Å². The lowest BCUT2D eigenvalue weighted by Crippen LogP contribution is -2.36. The highest BCUT2D eigenvalue weighted by Gasteiger charge is 2.27. The van der Waals surface area contributed by atoms with Gasteiger partial charge in [0.1, 0.15) is 18.1 Å². The summed E-state index contributed by atoms with van der Waals surface area (Å²) in [4.78, 5) is 12.7. The molecule has 1 N–H and O–H groups in total. The molecule has 1 saturated heterocycles. The van der Waals surface area contributed by atoms with Gasteiger partial charge in [-0.1, -0.05) is 6.07 Å². The Kier molecular flexibility index (Phi) is 8.37. The van der Waals surface area contributed by atoms with E-state index in [1.807, 2.05) is 32.0 Å². The third kappa shape index (κ3) is 6.48. The maximum absolute atomic E-state index is 12.9. The largest absolute Gasteiger partial charge is 0.496 e. The molecule has 0 bridgehead atoms. The minimum atomic E-state index is -3.52. The van der Waals surface area contributed by atoms with E-state index in [9.17, 15) is 13.2 Å². The van der Waals surface area contributed by atoms with Gasteiger partial charge < -0.3 is 14.8 Å². The number of ether oxygens (including phenoxy) is 2. The van der Waals surface area contributed by atoms with Crippen LogP contribution < -0.4 is 14.8 Å². The molecule has 2 aromatic carbocycles. The number of carbonyl (C=O) groups excluding carboxylic acids is 1. The van der Waals surface area contributed by atoms with Crippen LogP contribution in [0.1, 0.15) is 42.9 Å². The molecule has 1 fully saturated rings. The van der Waals surface area contributed by atoms with E-state index in [-0.39, 0.29) is 23.3 Å². The summed E-state index contributed by atoms with van der Waals surface area (Å²) in [5.41, 5.74) is 3.07. The van der Waals surface area contributed by atoms with Gasteiger partial charge in [-0.15, -0.1) is 0 Å². The van der Waals surface area contributed by atoms with Crippen molar-refractivity contribution in [2.24, 2.45) is 0 Å². The topological polar surface area (TPSA) is 84.9 Å². The van der Waals surface area contributed by atoms with Crippen LogP contribution in [0.15, 0.2) is 41.3 Å². The molecule has 8 heteroatoms. The quantitative estimate of drug-likeness (QED) is 0.569. The zero-order chi connectivity index (χ0) is 24.0. The van der Waals surface area contributed by atoms with Gasteiger partial charge in [0.05, 0.1) is 18.0 Å². The van der Waals surface area contributed by atoms with Crippen molar-refractivity contribution in [1.29, 1.82) is 0 Å². The highest BCUT2D eigenvalue weighted by molar-refractivity contribution is 7.89. The fraction of sp³-hybridized carbons (Fsp3) is 0.480. The number of rotatable bonds is 10. The number of nitrogens with zero attached hydrogens (tertiary/aromatic N) is 1. The summed E-state index contributed by atoms with van der Waals surface area (Å²) < 4.78 is 38.5. The molecular weight excluding hydrogens is 440 g/mol. The van der Waals surface area contributed by atoms with Crippen LogP contribution in [0.4, 0.5) is 0 Å². The summed E-state index contributed by atoms with van der Waals surface area (Å²) in [6.45, 7) is 7.44. The Labute approximate surface area is 197 Å². The lowest BCUT2D eigenvalue weighted by atomic mass is 10.1. The lowest BCUT2D eigenvalue weighted by Gasteiger charge is -2.18. The van der Waals surface area contributed by atoms with E-state index in [2.05, 4.69) is 12.2 Å². The van der Waals surface area contributed by atoms with Gasteiger partial charge in [-0.3, -0.25) is 4.79 Å². The first-order chi connectivity index (χ1) is 15.7. The number of sulfonamides is 1. The Morgan fingerprint density at radius 3 is 2.48 bits per heavy atom. The van der Waals surface area contributed by atoms with E-state index in [1.165, 1.54) is 9.87 Å². The van der Waals surface area contributed by atoms with E-state index in [0.29, 0.717) is 37.4 Å². The van der Waals surface area contributed by atoms with Gasteiger partial charge in [0.2, 0.25) is 15.9 Å². The summed E-state index contributed by atoms with van der Waals surface area (Å²) in [6.07, 6.45) is 2.36. The fourth-order valence-electron chi connectivity index (χ4n) is 3.85. The van der Waals surface area contributed by atoms with E-state index in [0.717, 1.165) is 24.2 Å². The Hall–Kier alpha value is -2.58. The van der Waals surface area contributed by atoms with Crippen LogP contribution in [0.3, 0.4) is 0 Å². The van der Waals surface area contributed by atoms with Crippen LogP contribution in [0.2, 0.25) is 0 Å². The van der Waals surface area contributed by atoms with E-state index < -0.39 is 10.0 Å². The van der Waals surface area contributed by atoms with Crippen molar-refractivity contribution in [3.63, 3.8) is 0 Å². The predicted octanol–water partition coefficient (Wildman–Crippen LogP) is 3.61. The minimum Gasteiger partial charge on any atom is -0.496 e. The van der Waals surface area contributed by atoms with Crippen molar-refractivity contribution in [3.8, 4) is 11.5 Å². The van der Waals surface area contributed by atoms with Gasteiger partial charge in [-0.05, 0) is 87.1 Å². The monoisotopic (exact) mass is 474 g/mol. The Morgan fingerprint density at radius 1 is 1.09 bits per heavy atom. The average Bonchev–Trinajstić information content (AvgIpc) is 3.34. The number of hydrogen-bond donors (Lipinski definition) is 1. The van der Waals surface area contributed by atoms with Crippen molar-refractivity contribution in [1.82, 2.24) is 9.62 Å². The van der Waals surface area contributed by atoms with E-state index in [4.69, 9.17) is 9.47 Å². The first-order valence-corrected chi connectivity index (χ1v) is 12.8. The molecule has 180 valence electrons. The number of carbonyl (C=O) groups is 1. The zero-order valence-electron chi connectivity index (χ0n) is 19.9. The second-order valence-electron chi connectivity index (χ2n) is 8.61. The molecule has 0 radical (unpaired) electrons. The Balaban J connectivity index is 1.56. The standard InChI is InChI=1S/C25H34N2O5S/c1-18-7-9-22(15-19(18)2)32-17-20(3)26-25(28)12-8-21-16-23(10-11-24(21)31-4)33(29,30)27-13-5-6-14-27/h7,9-11,15-16,20H,5-6,8,12-14,17H2,1-4H3,(H,26,28)/t20-/m1/s1. The molecule has 0 aliphatic carbocycles. The summed E-state index contributed by atoms with van der Waals surface area (Å²) in [6, 6.07) is 10.6. The fourth-order valence-corrected chi connectivity index (χ4v) is 5.42. The number of amides is 1. The molecule has 1 heterocycles. The molecule has 1 aliphatic rings. The second kappa shape index (κ2) is 11.0. The van der Waals surface area contributed by atoms with Crippen molar-refractivity contribution < 1.29 is 22.7 Å². The molecule has 7 nitrogen and oxygen atoms in total. The molecule has 0 spiro atoms. The summed E-state index contributed by atoms with van der Waals surface area (Å²) in [5.74, 6) is 1.23. The molecule has 33 heavy (non-hydrogen) atoms. The van der Waals surface area contributed by atoms with Gasteiger partial charge in [0, 0.05) is 19.5 Å². The number of benzene rings is 2. The molecule has 1 atom stereocenters. The molecular formula is C25H34N2O5S. The maximum atomic E-state index is 12.9. The number of aryl methyl sites for hydroxylation is 3. The molecule has 0 aromatic heterocycles. The number of hydrogen-bond acceptors (Lipinski definition) is 5.